The second-order valence-corrected chi connectivity index (χ2v) is 7.55. The molecule has 146 valence electrons. The third kappa shape index (κ3) is 3.79. The van der Waals surface area contributed by atoms with Gasteiger partial charge in [0.15, 0.2) is 0 Å². The zero-order valence-corrected chi connectivity index (χ0v) is 16.6. The maximum atomic E-state index is 12.6. The Balaban J connectivity index is 1.99. The fourth-order valence-corrected chi connectivity index (χ4v) is 3.21. The van der Waals surface area contributed by atoms with Crippen LogP contribution in [0.5, 0.6) is 5.75 Å². The zero-order valence-electron chi connectivity index (χ0n) is 16.6. The van der Waals surface area contributed by atoms with Gasteiger partial charge in [0.2, 0.25) is 0 Å². The van der Waals surface area contributed by atoms with Gasteiger partial charge in [-0.25, -0.2) is 0 Å². The molecule has 1 atom stereocenters. The minimum absolute atomic E-state index is 0.104. The van der Waals surface area contributed by atoms with E-state index in [-0.39, 0.29) is 11.3 Å². The van der Waals surface area contributed by atoms with Crippen molar-refractivity contribution in [3.05, 3.63) is 70.8 Å². The van der Waals surface area contributed by atoms with Gasteiger partial charge in [-0.15, -0.1) is 0 Å². The summed E-state index contributed by atoms with van der Waals surface area (Å²) in [5.41, 5.74) is 2.44. The zero-order chi connectivity index (χ0) is 20.4. The molecular formula is C23H25NO4. The van der Waals surface area contributed by atoms with Crippen LogP contribution < -0.4 is 4.74 Å². The fraction of sp³-hybridized carbons (Fsp3) is 0.304. The Labute approximate surface area is 165 Å². The smallest absolute Gasteiger partial charge is 0.295 e. The number of hydrogen-bond acceptors (Lipinski definition) is 4. The lowest BCUT2D eigenvalue weighted by molar-refractivity contribution is -0.139. The number of aliphatic hydroxyl groups is 1. The van der Waals surface area contributed by atoms with Crippen LogP contribution in [0.3, 0.4) is 0 Å². The number of carbonyl (C=O) groups excluding carboxylic acids is 2. The number of likely N-dealkylation sites (tertiary alicyclic amines) is 1. The molecule has 5 heteroatoms. The molecule has 0 radical (unpaired) electrons. The van der Waals surface area contributed by atoms with Crippen molar-refractivity contribution in [1.82, 2.24) is 4.90 Å². The average Bonchev–Trinajstić information content (AvgIpc) is 2.91. The Morgan fingerprint density at radius 3 is 2.25 bits per heavy atom. The largest absolute Gasteiger partial charge is 0.507 e. The first-order valence-electron chi connectivity index (χ1n) is 9.34. The summed E-state index contributed by atoms with van der Waals surface area (Å²) in [4.78, 5) is 26.3. The Bertz CT molecular complexity index is 911. The predicted molar refractivity (Wildman–Crippen MR) is 108 cm³/mol. The first-order valence-corrected chi connectivity index (χ1v) is 9.34. The number of amides is 1. The number of rotatable bonds is 5. The second kappa shape index (κ2) is 7.89. The summed E-state index contributed by atoms with van der Waals surface area (Å²) >= 11 is 0. The molecule has 2 aromatic rings. The van der Waals surface area contributed by atoms with E-state index in [0.29, 0.717) is 23.8 Å². The van der Waals surface area contributed by atoms with E-state index in [4.69, 9.17) is 4.74 Å². The number of ketones is 1. The third-order valence-corrected chi connectivity index (χ3v) is 4.78. The first kappa shape index (κ1) is 19.7. The maximum absolute atomic E-state index is 12.6. The van der Waals surface area contributed by atoms with Crippen molar-refractivity contribution in [2.75, 3.05) is 13.7 Å². The minimum Gasteiger partial charge on any atom is -0.507 e. The highest BCUT2D eigenvalue weighted by Gasteiger charge is 2.44. The van der Waals surface area contributed by atoms with Crippen LogP contribution >= 0.6 is 0 Å². The van der Waals surface area contributed by atoms with E-state index in [2.05, 4.69) is 13.8 Å². The SMILES string of the molecule is Cc1ccc(C2/C(=C(/O)c3ccc(OCC(C)C)cc3)C(=O)C(=O)N2C)cc1. The summed E-state index contributed by atoms with van der Waals surface area (Å²) in [6.45, 7) is 6.69. The minimum atomic E-state index is -0.675. The predicted octanol–water partition coefficient (Wildman–Crippen LogP) is 4.08. The van der Waals surface area contributed by atoms with Gasteiger partial charge < -0.3 is 14.7 Å². The topological polar surface area (TPSA) is 66.8 Å². The molecule has 28 heavy (non-hydrogen) atoms. The summed E-state index contributed by atoms with van der Waals surface area (Å²) in [5.74, 6) is -0.377. The number of benzene rings is 2. The van der Waals surface area contributed by atoms with Gasteiger partial charge in [0, 0.05) is 12.6 Å². The Morgan fingerprint density at radius 2 is 1.68 bits per heavy atom. The third-order valence-electron chi connectivity index (χ3n) is 4.78. The Morgan fingerprint density at radius 1 is 1.07 bits per heavy atom. The molecule has 0 aromatic heterocycles. The number of hydrogen-bond donors (Lipinski definition) is 1. The standard InChI is InChI=1S/C23H25NO4/c1-14(2)13-28-18-11-9-17(10-12-18)21(25)19-20(24(4)23(27)22(19)26)16-7-5-15(3)6-8-16/h5-12,14,20,25H,13H2,1-4H3/b21-19-. The van der Waals surface area contributed by atoms with Gasteiger partial charge in [-0.2, -0.15) is 0 Å². The molecule has 1 heterocycles. The van der Waals surface area contributed by atoms with Crippen molar-refractivity contribution < 1.29 is 19.4 Å². The van der Waals surface area contributed by atoms with E-state index >= 15 is 0 Å². The summed E-state index contributed by atoms with van der Waals surface area (Å²) in [6, 6.07) is 13.9. The lowest BCUT2D eigenvalue weighted by Crippen LogP contribution is -2.24. The number of aliphatic hydroxyl groups excluding tert-OH is 1. The van der Waals surface area contributed by atoms with E-state index in [9.17, 15) is 14.7 Å². The van der Waals surface area contributed by atoms with Crippen LogP contribution in [0.2, 0.25) is 0 Å². The lowest BCUT2D eigenvalue weighted by atomic mass is 9.95. The van der Waals surface area contributed by atoms with E-state index in [1.54, 1.807) is 31.3 Å². The molecule has 1 N–H and O–H groups in total. The number of ether oxygens (including phenoxy) is 1. The van der Waals surface area contributed by atoms with Gasteiger partial charge in [0.1, 0.15) is 11.5 Å². The van der Waals surface area contributed by atoms with Gasteiger partial charge in [0.05, 0.1) is 18.2 Å². The highest BCUT2D eigenvalue weighted by atomic mass is 16.5. The molecule has 1 fully saturated rings. The number of carbonyl (C=O) groups is 2. The molecule has 1 amide bonds. The summed E-state index contributed by atoms with van der Waals surface area (Å²) in [5, 5.41) is 10.9. The summed E-state index contributed by atoms with van der Waals surface area (Å²) in [7, 11) is 1.58. The van der Waals surface area contributed by atoms with Crippen LogP contribution in [0.4, 0.5) is 0 Å². The number of likely N-dealkylation sites (N-methyl/N-ethyl adjacent to an activating group) is 1. The lowest BCUT2D eigenvalue weighted by Gasteiger charge is -2.21. The highest BCUT2D eigenvalue weighted by Crippen LogP contribution is 2.38. The number of Topliss-reactive ketones (excluding diaryl/α,β-unsaturated/α-hetero) is 1. The quantitative estimate of drug-likeness (QED) is 0.483. The molecule has 1 saturated heterocycles. The normalized spacial score (nSPS) is 18.8. The molecule has 3 rings (SSSR count). The van der Waals surface area contributed by atoms with Gasteiger partial charge >= 0.3 is 0 Å². The van der Waals surface area contributed by atoms with Gasteiger partial charge in [0.25, 0.3) is 11.7 Å². The van der Waals surface area contributed by atoms with Crippen LogP contribution in [0.25, 0.3) is 5.76 Å². The molecule has 0 aliphatic carbocycles. The molecule has 0 saturated carbocycles. The van der Waals surface area contributed by atoms with Gasteiger partial charge in [-0.05, 0) is 42.7 Å². The molecule has 1 unspecified atom stereocenters. The van der Waals surface area contributed by atoms with E-state index in [1.165, 1.54) is 4.90 Å². The van der Waals surface area contributed by atoms with Crippen molar-refractivity contribution in [3.63, 3.8) is 0 Å². The fourth-order valence-electron chi connectivity index (χ4n) is 3.21. The van der Waals surface area contributed by atoms with Crippen LogP contribution in [-0.4, -0.2) is 35.4 Å². The molecule has 1 aliphatic heterocycles. The summed E-state index contributed by atoms with van der Waals surface area (Å²) in [6.07, 6.45) is 0. The number of nitrogens with zero attached hydrogens (tertiary/aromatic N) is 1. The maximum Gasteiger partial charge on any atom is 0.295 e. The average molecular weight is 379 g/mol. The van der Waals surface area contributed by atoms with Crippen molar-refractivity contribution >= 4 is 17.4 Å². The van der Waals surface area contributed by atoms with Crippen LogP contribution in [-0.2, 0) is 9.59 Å². The number of aryl methyl sites for hydroxylation is 1. The molecule has 0 bridgehead atoms. The Kier molecular flexibility index (Phi) is 5.54. The van der Waals surface area contributed by atoms with E-state index in [0.717, 1.165) is 11.1 Å². The molecular weight excluding hydrogens is 354 g/mol. The first-order chi connectivity index (χ1) is 13.3. The molecule has 2 aromatic carbocycles. The van der Waals surface area contributed by atoms with Crippen molar-refractivity contribution in [3.8, 4) is 5.75 Å². The van der Waals surface area contributed by atoms with Gasteiger partial charge in [-0.3, -0.25) is 9.59 Å². The second-order valence-electron chi connectivity index (χ2n) is 7.55. The molecule has 1 aliphatic rings. The van der Waals surface area contributed by atoms with Crippen molar-refractivity contribution in [2.45, 2.75) is 26.8 Å². The Hall–Kier alpha value is -3.08. The summed E-state index contributed by atoms with van der Waals surface area (Å²) < 4.78 is 5.66. The monoisotopic (exact) mass is 379 g/mol. The molecule has 0 spiro atoms. The highest BCUT2D eigenvalue weighted by molar-refractivity contribution is 6.46. The van der Waals surface area contributed by atoms with E-state index < -0.39 is 17.7 Å². The van der Waals surface area contributed by atoms with Gasteiger partial charge in [-0.1, -0.05) is 43.7 Å². The molecule has 5 nitrogen and oxygen atoms in total. The van der Waals surface area contributed by atoms with Crippen molar-refractivity contribution in [1.29, 1.82) is 0 Å². The van der Waals surface area contributed by atoms with Crippen molar-refractivity contribution in [2.24, 2.45) is 5.92 Å². The van der Waals surface area contributed by atoms with Crippen LogP contribution in [0.15, 0.2) is 54.1 Å². The van der Waals surface area contributed by atoms with E-state index in [1.807, 2.05) is 31.2 Å². The van der Waals surface area contributed by atoms with Crippen LogP contribution in [0.1, 0.15) is 36.6 Å². The van der Waals surface area contributed by atoms with Crippen LogP contribution in [0, 0.1) is 12.8 Å².